The highest BCUT2D eigenvalue weighted by Crippen LogP contribution is 2.25. The van der Waals surface area contributed by atoms with Crippen molar-refractivity contribution in [2.75, 3.05) is 10.2 Å². The first kappa shape index (κ1) is 14.2. The molecule has 1 atom stereocenters. The van der Waals surface area contributed by atoms with Crippen molar-refractivity contribution in [3.8, 4) is 0 Å². The Morgan fingerprint density at radius 1 is 1.00 bits per heavy atom. The van der Waals surface area contributed by atoms with Crippen LogP contribution in [0.2, 0.25) is 0 Å². The topological polar surface area (TPSA) is 49.4 Å². The molecule has 0 aliphatic carbocycles. The lowest BCUT2D eigenvalue weighted by Crippen LogP contribution is -2.34. The molecule has 0 saturated carbocycles. The number of halogens is 2. The third-order valence-electron chi connectivity index (χ3n) is 3.38. The van der Waals surface area contributed by atoms with Crippen LogP contribution in [0.4, 0.5) is 20.2 Å². The van der Waals surface area contributed by atoms with Crippen molar-refractivity contribution in [1.82, 2.24) is 0 Å². The van der Waals surface area contributed by atoms with E-state index in [-0.39, 0.29) is 12.1 Å². The summed E-state index contributed by atoms with van der Waals surface area (Å²) in [6.07, 6.45) is -0.0636. The molecular formula is C16H12F2N2O2. The zero-order valence-electron chi connectivity index (χ0n) is 11.4. The van der Waals surface area contributed by atoms with Gasteiger partial charge >= 0.3 is 0 Å². The smallest absolute Gasteiger partial charge is 0.256 e. The van der Waals surface area contributed by atoms with Crippen LogP contribution < -0.4 is 10.2 Å². The average molecular weight is 302 g/mol. The van der Waals surface area contributed by atoms with Gasteiger partial charge in [-0.15, -0.1) is 0 Å². The van der Waals surface area contributed by atoms with Gasteiger partial charge in [0, 0.05) is 5.69 Å². The van der Waals surface area contributed by atoms with Gasteiger partial charge in [0.05, 0.1) is 12.1 Å². The fraction of sp³-hybridized carbons (Fsp3) is 0.125. The molecule has 6 heteroatoms. The maximum Gasteiger partial charge on any atom is 0.256 e. The molecule has 1 heterocycles. The van der Waals surface area contributed by atoms with Gasteiger partial charge in [0.15, 0.2) is 0 Å². The summed E-state index contributed by atoms with van der Waals surface area (Å²) in [6, 6.07) is 10.1. The summed E-state index contributed by atoms with van der Waals surface area (Å²) in [6.45, 7) is 0. The minimum absolute atomic E-state index is 0.0636. The molecule has 2 aromatic rings. The highest BCUT2D eigenvalue weighted by atomic mass is 19.1. The third kappa shape index (κ3) is 2.67. The SMILES string of the molecule is O=C1C[C@H](Nc2cccc(F)c2)C(=O)N1c1cccc(F)c1. The Bertz CT molecular complexity index is 748. The largest absolute Gasteiger partial charge is 0.373 e. The molecule has 1 saturated heterocycles. The summed E-state index contributed by atoms with van der Waals surface area (Å²) in [5.41, 5.74) is 0.603. The molecule has 0 aromatic heterocycles. The van der Waals surface area contributed by atoms with Gasteiger partial charge < -0.3 is 5.32 Å². The van der Waals surface area contributed by atoms with Gasteiger partial charge in [0.25, 0.3) is 5.91 Å². The van der Waals surface area contributed by atoms with E-state index in [1.165, 1.54) is 36.4 Å². The molecule has 1 fully saturated rings. The zero-order chi connectivity index (χ0) is 15.7. The molecule has 1 N–H and O–H groups in total. The van der Waals surface area contributed by atoms with Gasteiger partial charge in [-0.05, 0) is 36.4 Å². The Hall–Kier alpha value is -2.76. The van der Waals surface area contributed by atoms with Gasteiger partial charge in [-0.2, -0.15) is 0 Å². The number of benzene rings is 2. The van der Waals surface area contributed by atoms with E-state index < -0.39 is 29.5 Å². The molecular weight excluding hydrogens is 290 g/mol. The predicted molar refractivity (Wildman–Crippen MR) is 77.3 cm³/mol. The number of carbonyl (C=O) groups is 2. The van der Waals surface area contributed by atoms with E-state index in [4.69, 9.17) is 0 Å². The Morgan fingerprint density at radius 3 is 2.36 bits per heavy atom. The first-order chi connectivity index (χ1) is 10.5. The van der Waals surface area contributed by atoms with Gasteiger partial charge in [-0.1, -0.05) is 12.1 Å². The van der Waals surface area contributed by atoms with Crippen molar-refractivity contribution in [1.29, 1.82) is 0 Å². The van der Waals surface area contributed by atoms with Crippen LogP contribution in [0.1, 0.15) is 6.42 Å². The lowest BCUT2D eigenvalue weighted by atomic mass is 10.2. The normalized spacial score (nSPS) is 17.9. The number of anilines is 2. The predicted octanol–water partition coefficient (Wildman–Crippen LogP) is 2.71. The van der Waals surface area contributed by atoms with Crippen molar-refractivity contribution in [2.24, 2.45) is 0 Å². The summed E-state index contributed by atoms with van der Waals surface area (Å²) in [5, 5.41) is 2.83. The Kier molecular flexibility index (Phi) is 3.58. The first-order valence-electron chi connectivity index (χ1n) is 6.69. The van der Waals surface area contributed by atoms with Crippen LogP contribution in [-0.4, -0.2) is 17.9 Å². The van der Waals surface area contributed by atoms with Gasteiger partial charge in [-0.3, -0.25) is 9.59 Å². The van der Waals surface area contributed by atoms with Gasteiger partial charge in [0.1, 0.15) is 17.7 Å². The molecule has 112 valence electrons. The first-order valence-corrected chi connectivity index (χ1v) is 6.69. The lowest BCUT2D eigenvalue weighted by Gasteiger charge is -2.16. The molecule has 0 spiro atoms. The number of hydrogen-bond acceptors (Lipinski definition) is 3. The highest BCUT2D eigenvalue weighted by molar-refractivity contribution is 6.23. The molecule has 0 radical (unpaired) electrons. The monoisotopic (exact) mass is 302 g/mol. The minimum atomic E-state index is -0.794. The summed E-state index contributed by atoms with van der Waals surface area (Å²) in [4.78, 5) is 25.3. The van der Waals surface area contributed by atoms with Crippen molar-refractivity contribution in [3.63, 3.8) is 0 Å². The molecule has 2 amide bonds. The number of amides is 2. The standard InChI is InChI=1S/C16H12F2N2O2/c17-10-3-1-5-12(7-10)19-14-9-15(21)20(16(14)22)13-6-2-4-11(18)8-13/h1-8,14,19H,9H2/t14-/m0/s1. The number of carbonyl (C=O) groups excluding carboxylic acids is 2. The molecule has 4 nitrogen and oxygen atoms in total. The Balaban J connectivity index is 1.82. The third-order valence-corrected chi connectivity index (χ3v) is 3.38. The molecule has 3 rings (SSSR count). The van der Waals surface area contributed by atoms with Crippen LogP contribution in [0.3, 0.4) is 0 Å². The van der Waals surface area contributed by atoms with Crippen LogP contribution in [-0.2, 0) is 9.59 Å². The molecule has 22 heavy (non-hydrogen) atoms. The average Bonchev–Trinajstić information content (AvgIpc) is 2.73. The molecule has 0 bridgehead atoms. The maximum absolute atomic E-state index is 13.3. The maximum atomic E-state index is 13.3. The van der Waals surface area contributed by atoms with E-state index in [0.29, 0.717) is 5.69 Å². The zero-order valence-corrected chi connectivity index (χ0v) is 11.4. The highest BCUT2D eigenvalue weighted by Gasteiger charge is 2.39. The van der Waals surface area contributed by atoms with Crippen LogP contribution in [0.5, 0.6) is 0 Å². The van der Waals surface area contributed by atoms with Crippen molar-refractivity contribution in [3.05, 3.63) is 60.2 Å². The molecule has 1 aliphatic rings. The van der Waals surface area contributed by atoms with E-state index in [9.17, 15) is 18.4 Å². The van der Waals surface area contributed by atoms with Crippen LogP contribution in [0, 0.1) is 11.6 Å². The second kappa shape index (κ2) is 5.55. The van der Waals surface area contributed by atoms with Crippen molar-refractivity contribution >= 4 is 23.2 Å². The molecule has 0 unspecified atom stereocenters. The van der Waals surface area contributed by atoms with Gasteiger partial charge in [-0.25, -0.2) is 13.7 Å². The van der Waals surface area contributed by atoms with Crippen molar-refractivity contribution in [2.45, 2.75) is 12.5 Å². The summed E-state index contributed by atoms with van der Waals surface area (Å²) in [7, 11) is 0. The quantitative estimate of drug-likeness (QED) is 0.887. The number of nitrogens with zero attached hydrogens (tertiary/aromatic N) is 1. The van der Waals surface area contributed by atoms with Crippen LogP contribution in [0.25, 0.3) is 0 Å². The second-order valence-corrected chi connectivity index (χ2v) is 4.96. The summed E-state index contributed by atoms with van der Waals surface area (Å²) < 4.78 is 26.4. The lowest BCUT2D eigenvalue weighted by molar-refractivity contribution is -0.121. The fourth-order valence-corrected chi connectivity index (χ4v) is 2.41. The van der Waals surface area contributed by atoms with Crippen LogP contribution in [0.15, 0.2) is 48.5 Å². The summed E-state index contributed by atoms with van der Waals surface area (Å²) >= 11 is 0. The van der Waals surface area contributed by atoms with E-state index in [0.717, 1.165) is 11.0 Å². The Labute approximate surface area is 125 Å². The number of hydrogen-bond donors (Lipinski definition) is 1. The van der Waals surface area contributed by atoms with Crippen LogP contribution >= 0.6 is 0 Å². The van der Waals surface area contributed by atoms with Gasteiger partial charge in [0.2, 0.25) is 5.91 Å². The molecule has 2 aromatic carbocycles. The van der Waals surface area contributed by atoms with E-state index >= 15 is 0 Å². The van der Waals surface area contributed by atoms with Crippen molar-refractivity contribution < 1.29 is 18.4 Å². The van der Waals surface area contributed by atoms with E-state index in [1.807, 2.05) is 0 Å². The van der Waals surface area contributed by atoms with E-state index in [1.54, 1.807) is 6.07 Å². The number of nitrogens with one attached hydrogen (secondary N) is 1. The number of imide groups is 1. The second-order valence-electron chi connectivity index (χ2n) is 4.96. The fourth-order valence-electron chi connectivity index (χ4n) is 2.41. The Morgan fingerprint density at radius 2 is 1.68 bits per heavy atom. The molecule has 1 aliphatic heterocycles. The summed E-state index contributed by atoms with van der Waals surface area (Å²) in [5.74, 6) is -1.88. The minimum Gasteiger partial charge on any atom is -0.373 e. The van der Waals surface area contributed by atoms with E-state index in [2.05, 4.69) is 5.32 Å². The number of rotatable bonds is 3.